The Balaban J connectivity index is 1.48. The van der Waals surface area contributed by atoms with Gasteiger partial charge in [-0.05, 0) is 42.7 Å². The molecular weight excluding hydrogens is 525 g/mol. The fourth-order valence-electron chi connectivity index (χ4n) is 4.04. The largest absolute Gasteiger partial charge is 0.310 e. The summed E-state index contributed by atoms with van der Waals surface area (Å²) in [5, 5.41) is 20.1. The molecule has 0 spiro atoms. The first-order valence-electron chi connectivity index (χ1n) is 12.0. The minimum absolute atomic E-state index is 0.0352. The van der Waals surface area contributed by atoms with Crippen LogP contribution in [0, 0.1) is 18.2 Å². The number of pyridine rings is 2. The quantitative estimate of drug-likeness (QED) is 0.164. The zero-order chi connectivity index (χ0) is 26.8. The summed E-state index contributed by atoms with van der Waals surface area (Å²) in [7, 11) is 0. The lowest BCUT2D eigenvalue weighted by Crippen LogP contribution is -2.32. The number of fused-ring (bicyclic) bond motifs is 2. The van der Waals surface area contributed by atoms with Gasteiger partial charge < -0.3 is 4.57 Å². The molecule has 0 bridgehead atoms. The number of halogens is 1. The normalized spacial score (nSPS) is 11.3. The number of carbonyl (C=O) groups is 1. The molecule has 0 fully saturated rings. The summed E-state index contributed by atoms with van der Waals surface area (Å²) >= 11 is 2.47. The van der Waals surface area contributed by atoms with Crippen molar-refractivity contribution < 1.29 is 9.18 Å². The van der Waals surface area contributed by atoms with Crippen LogP contribution < -0.4 is 16.4 Å². The van der Waals surface area contributed by atoms with Crippen molar-refractivity contribution in [2.45, 2.75) is 43.3 Å². The minimum atomic E-state index is -0.572. The fraction of sp³-hybridized carbons (Fsp3) is 0.231. The maximum atomic E-state index is 13.9. The molecule has 0 saturated carbocycles. The second-order valence-corrected chi connectivity index (χ2v) is 10.9. The highest BCUT2D eigenvalue weighted by molar-refractivity contribution is 8.00. The lowest BCUT2D eigenvalue weighted by molar-refractivity contribution is 0.102. The molecule has 4 aromatic heterocycles. The second-order valence-electron chi connectivity index (χ2n) is 8.66. The predicted octanol–water partition coefficient (Wildman–Crippen LogP) is 4.77. The average molecular weight is 550 g/mol. The molecule has 0 unspecified atom stereocenters. The van der Waals surface area contributed by atoms with Crippen LogP contribution in [0.25, 0.3) is 16.7 Å². The van der Waals surface area contributed by atoms with E-state index in [0.29, 0.717) is 33.5 Å². The van der Waals surface area contributed by atoms with Crippen molar-refractivity contribution in [2.75, 3.05) is 5.32 Å². The van der Waals surface area contributed by atoms with Crippen LogP contribution in [-0.2, 0) is 12.3 Å². The Bertz CT molecular complexity index is 1790. The molecule has 5 aromatic rings. The molecule has 0 saturated heterocycles. The Morgan fingerprint density at radius 2 is 2.00 bits per heavy atom. The summed E-state index contributed by atoms with van der Waals surface area (Å²) in [4.78, 5) is 31.4. The third-order valence-electron chi connectivity index (χ3n) is 6.05. The van der Waals surface area contributed by atoms with Crippen LogP contribution in [0.1, 0.15) is 41.3 Å². The number of aromatic nitrogens is 5. The van der Waals surface area contributed by atoms with Crippen LogP contribution in [0.15, 0.2) is 57.8 Å². The number of nitrogens with zero attached hydrogens (tertiary/aromatic N) is 5. The molecule has 194 valence electrons. The van der Waals surface area contributed by atoms with Crippen molar-refractivity contribution in [3.8, 4) is 0 Å². The van der Waals surface area contributed by atoms with Gasteiger partial charge in [0.25, 0.3) is 11.5 Å². The lowest BCUT2D eigenvalue weighted by atomic mass is 10.2. The Hall–Kier alpha value is -3.90. The number of nitrogens with one attached hydrogen (secondary N) is 2. The SMILES string of the molecule is CCCCn1c(=N)c(C(=O)Nc2nnc(SCc3ccccc3F)s2)cc2c(=O)n3cccc(C)c3nc21. The monoisotopic (exact) mass is 549 g/mol. The average Bonchev–Trinajstić information content (AvgIpc) is 3.35. The number of hydrogen-bond donors (Lipinski definition) is 2. The number of amides is 1. The second kappa shape index (κ2) is 10.8. The van der Waals surface area contributed by atoms with E-state index in [1.165, 1.54) is 28.3 Å². The number of benzene rings is 1. The number of aryl methyl sites for hydroxylation is 2. The molecule has 12 heteroatoms. The molecule has 9 nitrogen and oxygen atoms in total. The fourth-order valence-corrected chi connectivity index (χ4v) is 5.77. The third-order valence-corrected chi connectivity index (χ3v) is 8.07. The van der Waals surface area contributed by atoms with Gasteiger partial charge in [-0.15, -0.1) is 10.2 Å². The number of thioether (sulfide) groups is 1. The van der Waals surface area contributed by atoms with Crippen molar-refractivity contribution in [3.63, 3.8) is 0 Å². The highest BCUT2D eigenvalue weighted by atomic mass is 32.2. The van der Waals surface area contributed by atoms with Gasteiger partial charge in [0.15, 0.2) is 4.34 Å². The molecule has 0 aliphatic heterocycles. The summed E-state index contributed by atoms with van der Waals surface area (Å²) in [6.45, 7) is 4.34. The predicted molar refractivity (Wildman–Crippen MR) is 146 cm³/mol. The van der Waals surface area contributed by atoms with Gasteiger partial charge in [0.05, 0.1) is 10.9 Å². The number of unbranched alkanes of at least 4 members (excludes halogenated alkanes) is 1. The molecule has 0 radical (unpaired) electrons. The van der Waals surface area contributed by atoms with Crippen LogP contribution in [-0.4, -0.2) is 30.1 Å². The van der Waals surface area contributed by atoms with Gasteiger partial charge in [-0.25, -0.2) is 9.37 Å². The Labute approximate surface area is 224 Å². The highest BCUT2D eigenvalue weighted by Crippen LogP contribution is 2.29. The van der Waals surface area contributed by atoms with Crippen molar-refractivity contribution in [2.24, 2.45) is 0 Å². The van der Waals surface area contributed by atoms with Crippen LogP contribution in [0.3, 0.4) is 0 Å². The summed E-state index contributed by atoms with van der Waals surface area (Å²) in [6.07, 6.45) is 3.27. The maximum Gasteiger partial charge on any atom is 0.267 e. The molecule has 0 atom stereocenters. The molecule has 1 amide bonds. The van der Waals surface area contributed by atoms with Gasteiger partial charge in [-0.3, -0.25) is 24.7 Å². The smallest absolute Gasteiger partial charge is 0.267 e. The number of anilines is 1. The van der Waals surface area contributed by atoms with Gasteiger partial charge in [0.2, 0.25) is 5.13 Å². The maximum absolute atomic E-state index is 13.9. The van der Waals surface area contributed by atoms with Crippen molar-refractivity contribution in [1.82, 2.24) is 24.1 Å². The molecule has 1 aromatic carbocycles. The first-order chi connectivity index (χ1) is 18.4. The molecule has 0 aliphatic rings. The van der Waals surface area contributed by atoms with E-state index < -0.39 is 5.91 Å². The Morgan fingerprint density at radius 3 is 2.79 bits per heavy atom. The molecule has 38 heavy (non-hydrogen) atoms. The standard InChI is InChI=1S/C26H24FN7O2S2/c1-3-4-11-33-20(28)17(13-18-22(33)29-21-15(2)8-7-12-34(21)24(18)36)23(35)30-25-31-32-26(38-25)37-14-16-9-5-6-10-19(16)27/h5-10,12-13,28H,3-4,11,14H2,1-2H3,(H,30,31,35). The zero-order valence-electron chi connectivity index (χ0n) is 20.7. The van der Waals surface area contributed by atoms with Gasteiger partial charge in [-0.2, -0.15) is 0 Å². The number of carbonyl (C=O) groups excluding carboxylic acids is 1. The van der Waals surface area contributed by atoms with Crippen molar-refractivity contribution >= 4 is 50.8 Å². The van der Waals surface area contributed by atoms with Crippen LogP contribution in [0.2, 0.25) is 0 Å². The first-order valence-corrected chi connectivity index (χ1v) is 13.8. The molecule has 4 heterocycles. The van der Waals surface area contributed by atoms with E-state index in [1.54, 1.807) is 35.0 Å². The minimum Gasteiger partial charge on any atom is -0.310 e. The highest BCUT2D eigenvalue weighted by Gasteiger charge is 2.19. The summed E-state index contributed by atoms with van der Waals surface area (Å²) < 4.78 is 17.5. The van der Waals surface area contributed by atoms with Crippen LogP contribution in [0.4, 0.5) is 9.52 Å². The third kappa shape index (κ3) is 4.96. The molecule has 5 rings (SSSR count). The first kappa shape index (κ1) is 25.7. The summed E-state index contributed by atoms with van der Waals surface area (Å²) in [6, 6.07) is 11.6. The molecule has 0 aliphatic carbocycles. The van der Waals surface area contributed by atoms with Gasteiger partial charge in [0, 0.05) is 18.5 Å². The van der Waals surface area contributed by atoms with Gasteiger partial charge in [-0.1, -0.05) is 60.7 Å². The van der Waals surface area contributed by atoms with Gasteiger partial charge in [0.1, 0.15) is 22.6 Å². The van der Waals surface area contributed by atoms with Crippen molar-refractivity contribution in [3.05, 3.63) is 87.0 Å². The zero-order valence-corrected chi connectivity index (χ0v) is 22.3. The number of rotatable bonds is 8. The van der Waals surface area contributed by atoms with Crippen LogP contribution >= 0.6 is 23.1 Å². The van der Waals surface area contributed by atoms with E-state index in [2.05, 4.69) is 15.5 Å². The Morgan fingerprint density at radius 1 is 1.18 bits per heavy atom. The van der Waals surface area contributed by atoms with E-state index >= 15 is 0 Å². The van der Waals surface area contributed by atoms with E-state index in [1.807, 2.05) is 19.9 Å². The summed E-state index contributed by atoms with van der Waals surface area (Å²) in [5.74, 6) is -0.488. The molecular formula is C26H24FN7O2S2. The van der Waals surface area contributed by atoms with Gasteiger partial charge >= 0.3 is 0 Å². The summed E-state index contributed by atoms with van der Waals surface area (Å²) in [5.41, 5.74) is 1.97. The topological polar surface area (TPSA) is 118 Å². The van der Waals surface area contributed by atoms with E-state index in [4.69, 9.17) is 10.4 Å². The molecule has 2 N–H and O–H groups in total. The van der Waals surface area contributed by atoms with Crippen molar-refractivity contribution in [1.29, 1.82) is 5.41 Å². The lowest BCUT2D eigenvalue weighted by Gasteiger charge is -2.14. The van der Waals surface area contributed by atoms with E-state index in [-0.39, 0.29) is 32.9 Å². The van der Waals surface area contributed by atoms with E-state index in [0.717, 1.165) is 29.7 Å². The van der Waals surface area contributed by atoms with Crippen LogP contribution in [0.5, 0.6) is 0 Å². The Kier molecular flexibility index (Phi) is 7.34. The van der Waals surface area contributed by atoms with E-state index in [9.17, 15) is 14.0 Å². The number of hydrogen-bond acceptors (Lipinski definition) is 8.